The average molecular weight is 252 g/mol. The van der Waals surface area contributed by atoms with Gasteiger partial charge >= 0.3 is 5.97 Å². The van der Waals surface area contributed by atoms with Gasteiger partial charge in [0.2, 0.25) is 0 Å². The molecule has 88 valence electrons. The van der Waals surface area contributed by atoms with Gasteiger partial charge < -0.3 is 15.4 Å². The normalized spacial score (nSPS) is 10.2. The van der Waals surface area contributed by atoms with Crippen LogP contribution in [0.3, 0.4) is 0 Å². The lowest BCUT2D eigenvalue weighted by atomic mass is 10.3. The Hall–Kier alpha value is -2.22. The average Bonchev–Trinajstić information content (AvgIpc) is 2.86. The van der Waals surface area contributed by atoms with Gasteiger partial charge in [0.25, 0.3) is 5.91 Å². The Morgan fingerprint density at radius 3 is 2.88 bits per heavy atom. The topological polar surface area (TPSA) is 108 Å². The minimum absolute atomic E-state index is 0.0564. The lowest BCUT2D eigenvalue weighted by molar-refractivity contribution is 0.0692. The van der Waals surface area contributed by atoms with Crippen molar-refractivity contribution in [1.82, 2.24) is 13.7 Å². The largest absolute Gasteiger partial charge is 0.477 e. The zero-order chi connectivity index (χ0) is 12.4. The number of H-pyrrole nitrogens is 1. The Morgan fingerprint density at radius 1 is 1.53 bits per heavy atom. The van der Waals surface area contributed by atoms with Crippen molar-refractivity contribution in [3.8, 4) is 0 Å². The number of carbonyl (C=O) groups excluding carboxylic acids is 1. The predicted molar refractivity (Wildman–Crippen MR) is 60.4 cm³/mol. The van der Waals surface area contributed by atoms with Gasteiger partial charge in [0, 0.05) is 5.69 Å². The molecule has 0 atom stereocenters. The van der Waals surface area contributed by atoms with Gasteiger partial charge in [-0.05, 0) is 13.0 Å². The molecular formula is C9H8N4O3S. The van der Waals surface area contributed by atoms with Crippen molar-refractivity contribution in [1.29, 1.82) is 0 Å². The van der Waals surface area contributed by atoms with Crippen LogP contribution in [0.2, 0.25) is 0 Å². The third kappa shape index (κ3) is 2.31. The highest BCUT2D eigenvalue weighted by molar-refractivity contribution is 6.99. The van der Waals surface area contributed by atoms with E-state index in [1.54, 1.807) is 13.0 Å². The molecule has 0 saturated heterocycles. The number of amides is 1. The Balaban J connectivity index is 2.24. The Labute approximate surface area is 99.8 Å². The summed E-state index contributed by atoms with van der Waals surface area (Å²) < 4.78 is 7.45. The first kappa shape index (κ1) is 11.3. The maximum atomic E-state index is 11.6. The number of aromatic nitrogens is 3. The van der Waals surface area contributed by atoms with Crippen LogP contribution in [0, 0.1) is 6.92 Å². The maximum absolute atomic E-state index is 11.6. The number of rotatable bonds is 3. The zero-order valence-electron chi connectivity index (χ0n) is 8.72. The molecule has 8 heteroatoms. The van der Waals surface area contributed by atoms with E-state index in [9.17, 15) is 9.59 Å². The monoisotopic (exact) mass is 252 g/mol. The van der Waals surface area contributed by atoms with Crippen LogP contribution < -0.4 is 5.32 Å². The number of hydrogen-bond acceptors (Lipinski definition) is 5. The van der Waals surface area contributed by atoms with Crippen molar-refractivity contribution in [2.45, 2.75) is 6.92 Å². The maximum Gasteiger partial charge on any atom is 0.354 e. The van der Waals surface area contributed by atoms with Crippen LogP contribution in [0.4, 0.5) is 5.69 Å². The Bertz CT molecular complexity index is 561. The summed E-state index contributed by atoms with van der Waals surface area (Å²) in [4.78, 5) is 25.2. The molecule has 1 amide bonds. The lowest BCUT2D eigenvalue weighted by Gasteiger charge is -2.00. The summed E-state index contributed by atoms with van der Waals surface area (Å²) in [6.07, 6.45) is 1.32. The molecule has 2 aromatic heterocycles. The van der Waals surface area contributed by atoms with Crippen molar-refractivity contribution in [2.75, 3.05) is 5.32 Å². The zero-order valence-corrected chi connectivity index (χ0v) is 9.54. The molecule has 0 aliphatic rings. The number of hydrogen-bond donors (Lipinski definition) is 3. The van der Waals surface area contributed by atoms with Crippen LogP contribution in [0.15, 0.2) is 12.3 Å². The van der Waals surface area contributed by atoms with Crippen molar-refractivity contribution in [3.05, 3.63) is 29.3 Å². The highest BCUT2D eigenvalue weighted by Crippen LogP contribution is 2.17. The number of anilines is 1. The van der Waals surface area contributed by atoms with Crippen LogP contribution in [0.25, 0.3) is 0 Å². The number of nitrogens with one attached hydrogen (secondary N) is 2. The molecule has 0 aliphatic heterocycles. The van der Waals surface area contributed by atoms with Gasteiger partial charge in [0.1, 0.15) is 5.69 Å². The first-order chi connectivity index (χ1) is 8.08. The lowest BCUT2D eigenvalue weighted by Crippen LogP contribution is -2.14. The molecule has 0 spiro atoms. The third-order valence-corrected chi connectivity index (χ3v) is 2.49. The second-order valence-corrected chi connectivity index (χ2v) is 3.85. The van der Waals surface area contributed by atoms with E-state index in [0.29, 0.717) is 5.69 Å². The number of aryl methyl sites for hydroxylation is 1. The van der Waals surface area contributed by atoms with E-state index >= 15 is 0 Å². The molecule has 0 radical (unpaired) electrons. The fraction of sp³-hybridized carbons (Fsp3) is 0.111. The summed E-state index contributed by atoms with van der Waals surface area (Å²) in [5.41, 5.74) is 0.964. The highest BCUT2D eigenvalue weighted by Gasteiger charge is 2.17. The third-order valence-electron chi connectivity index (χ3n) is 2.01. The van der Waals surface area contributed by atoms with E-state index in [1.807, 2.05) is 0 Å². The SMILES string of the molecule is Cc1cc(NC(=O)c2cnsn2)c(C(=O)O)[nH]1. The quantitative estimate of drug-likeness (QED) is 0.758. The first-order valence-electron chi connectivity index (χ1n) is 4.59. The highest BCUT2D eigenvalue weighted by atomic mass is 32.1. The minimum Gasteiger partial charge on any atom is -0.477 e. The molecule has 2 aromatic rings. The molecule has 0 aromatic carbocycles. The molecule has 0 fully saturated rings. The smallest absolute Gasteiger partial charge is 0.354 e. The number of carbonyl (C=O) groups is 2. The van der Waals surface area contributed by atoms with Crippen LogP contribution in [0.5, 0.6) is 0 Å². The van der Waals surface area contributed by atoms with Crippen LogP contribution in [0.1, 0.15) is 26.7 Å². The van der Waals surface area contributed by atoms with Crippen molar-refractivity contribution >= 4 is 29.3 Å². The molecule has 7 nitrogen and oxygen atoms in total. The fourth-order valence-corrected chi connectivity index (χ4v) is 1.72. The van der Waals surface area contributed by atoms with Gasteiger partial charge in [-0.25, -0.2) is 4.79 Å². The van der Waals surface area contributed by atoms with Gasteiger partial charge in [0.05, 0.1) is 23.6 Å². The molecule has 0 unspecified atom stereocenters. The van der Waals surface area contributed by atoms with Gasteiger partial charge in [-0.2, -0.15) is 8.75 Å². The fourth-order valence-electron chi connectivity index (χ4n) is 1.31. The van der Waals surface area contributed by atoms with Gasteiger partial charge in [-0.1, -0.05) is 0 Å². The molecule has 3 N–H and O–H groups in total. The summed E-state index contributed by atoms with van der Waals surface area (Å²) in [7, 11) is 0. The van der Waals surface area contributed by atoms with Gasteiger partial charge in [-0.15, -0.1) is 0 Å². The van der Waals surface area contributed by atoms with Gasteiger partial charge in [-0.3, -0.25) is 4.79 Å². The second-order valence-electron chi connectivity index (χ2n) is 3.29. The van der Waals surface area contributed by atoms with Crippen LogP contribution in [-0.4, -0.2) is 30.7 Å². The Kier molecular flexibility index (Phi) is 2.88. The Morgan fingerprint density at radius 2 is 2.29 bits per heavy atom. The van der Waals surface area contributed by atoms with Crippen LogP contribution in [-0.2, 0) is 0 Å². The molecule has 0 bridgehead atoms. The number of nitrogens with zero attached hydrogens (tertiary/aromatic N) is 2. The van der Waals surface area contributed by atoms with E-state index in [-0.39, 0.29) is 17.1 Å². The number of aromatic carboxylic acids is 1. The summed E-state index contributed by atoms with van der Waals surface area (Å²) in [5.74, 6) is -1.62. The van der Waals surface area contributed by atoms with Crippen LogP contribution >= 0.6 is 11.7 Å². The van der Waals surface area contributed by atoms with E-state index in [0.717, 1.165) is 11.7 Å². The molecule has 17 heavy (non-hydrogen) atoms. The summed E-state index contributed by atoms with van der Waals surface area (Å²) in [6.45, 7) is 1.70. The predicted octanol–water partition coefficient (Wildman–Crippen LogP) is 1.13. The molecule has 2 rings (SSSR count). The van der Waals surface area contributed by atoms with Crippen molar-refractivity contribution in [3.63, 3.8) is 0 Å². The second kappa shape index (κ2) is 4.34. The standard InChI is InChI=1S/C9H8N4O3S/c1-4-2-5(7(11-4)9(15)16)12-8(14)6-3-10-17-13-6/h2-3,11H,1H3,(H,12,14)(H,15,16). The number of carboxylic acid groups (broad SMARTS) is 1. The summed E-state index contributed by atoms with van der Waals surface area (Å²) >= 11 is 0.909. The van der Waals surface area contributed by atoms with Crippen molar-refractivity contribution in [2.24, 2.45) is 0 Å². The molecule has 0 saturated carbocycles. The number of carboxylic acids is 1. The number of aromatic amines is 1. The minimum atomic E-state index is -1.13. The molecule has 2 heterocycles. The first-order valence-corrected chi connectivity index (χ1v) is 5.33. The van der Waals surface area contributed by atoms with Crippen molar-refractivity contribution < 1.29 is 14.7 Å². The molecular weight excluding hydrogens is 244 g/mol. The molecule has 0 aliphatic carbocycles. The van der Waals surface area contributed by atoms with E-state index in [4.69, 9.17) is 5.11 Å². The van der Waals surface area contributed by atoms with E-state index in [2.05, 4.69) is 19.0 Å². The summed E-state index contributed by atoms with van der Waals surface area (Å²) in [5, 5.41) is 11.4. The van der Waals surface area contributed by atoms with E-state index in [1.165, 1.54) is 6.20 Å². The van der Waals surface area contributed by atoms with Gasteiger partial charge in [0.15, 0.2) is 5.69 Å². The summed E-state index contributed by atoms with van der Waals surface area (Å²) in [6, 6.07) is 1.54. The van der Waals surface area contributed by atoms with E-state index < -0.39 is 11.9 Å².